The normalized spacial score (nSPS) is 12.8. The number of nitrogens with zero attached hydrogens (tertiary/aromatic N) is 3. The first-order valence-electron chi connectivity index (χ1n) is 10.5. The molecule has 2 N–H and O–H groups in total. The molecule has 0 aliphatic carbocycles. The van der Waals surface area contributed by atoms with Gasteiger partial charge in [-0.2, -0.15) is 13.2 Å². The number of nitrogen functional groups attached to an aromatic ring is 1. The highest BCUT2D eigenvalue weighted by Crippen LogP contribution is 2.28. The second-order valence-electron chi connectivity index (χ2n) is 8.34. The number of carbonyl (C=O) groups is 1. The highest BCUT2D eigenvalue weighted by molar-refractivity contribution is 5.98. The summed E-state index contributed by atoms with van der Waals surface area (Å²) >= 11 is 0. The fourth-order valence-corrected chi connectivity index (χ4v) is 3.49. The van der Waals surface area contributed by atoms with Crippen LogP contribution in [0.2, 0.25) is 0 Å². The zero-order chi connectivity index (χ0) is 24.3. The summed E-state index contributed by atoms with van der Waals surface area (Å²) < 4.78 is 44.2. The van der Waals surface area contributed by atoms with Gasteiger partial charge in [0.25, 0.3) is 5.91 Å². The van der Waals surface area contributed by atoms with Crippen molar-refractivity contribution in [1.82, 2.24) is 14.9 Å². The molecule has 1 atom stereocenters. The highest BCUT2D eigenvalue weighted by Gasteiger charge is 2.31. The highest BCUT2D eigenvalue weighted by atomic mass is 19.4. The van der Waals surface area contributed by atoms with Gasteiger partial charge in [0.05, 0.1) is 29.4 Å². The standard InChI is InChI=1S/C24H27F3N4O2/c1-14(2)21(33-4)13-31(12-19-7-6-18(11-29-19)24(25,26)27)23(32)16-5-8-20-17(10-16)9-15(3)22(28)30-20/h5-11,14,21H,12-13H2,1-4H3,(H2,28,30)/t21-/m0/s1. The van der Waals surface area contributed by atoms with Crippen LogP contribution in [0, 0.1) is 12.8 Å². The fraction of sp³-hybridized carbons (Fsp3) is 0.375. The number of aromatic nitrogens is 2. The summed E-state index contributed by atoms with van der Waals surface area (Å²) in [6, 6.07) is 9.25. The molecule has 2 aromatic heterocycles. The summed E-state index contributed by atoms with van der Waals surface area (Å²) in [7, 11) is 1.57. The number of amides is 1. The summed E-state index contributed by atoms with van der Waals surface area (Å²) in [5.74, 6) is 0.268. The third-order valence-electron chi connectivity index (χ3n) is 5.53. The molecule has 0 radical (unpaired) electrons. The number of alkyl halides is 3. The van der Waals surface area contributed by atoms with E-state index in [0.29, 0.717) is 22.6 Å². The molecule has 1 amide bonds. The Balaban J connectivity index is 1.93. The van der Waals surface area contributed by atoms with Crippen molar-refractivity contribution in [2.75, 3.05) is 19.4 Å². The molecule has 0 bridgehead atoms. The first-order valence-corrected chi connectivity index (χ1v) is 10.5. The SMILES string of the molecule is CO[C@@H](CN(Cc1ccc(C(F)(F)F)cn1)C(=O)c1ccc2nc(N)c(C)cc2c1)C(C)C. The average molecular weight is 461 g/mol. The summed E-state index contributed by atoms with van der Waals surface area (Å²) in [5.41, 5.74) is 7.29. The molecule has 0 fully saturated rings. The quantitative estimate of drug-likeness (QED) is 0.545. The summed E-state index contributed by atoms with van der Waals surface area (Å²) in [4.78, 5) is 23.3. The Kier molecular flexibility index (Phi) is 7.22. The van der Waals surface area contributed by atoms with E-state index in [1.807, 2.05) is 26.8 Å². The molecule has 0 unspecified atom stereocenters. The first-order chi connectivity index (χ1) is 15.5. The molecule has 176 valence electrons. The number of carbonyl (C=O) groups excluding carboxylic acids is 1. The van der Waals surface area contributed by atoms with E-state index in [-0.39, 0.29) is 31.0 Å². The minimum absolute atomic E-state index is 0.0423. The van der Waals surface area contributed by atoms with Crippen molar-refractivity contribution in [3.05, 3.63) is 65.0 Å². The van der Waals surface area contributed by atoms with E-state index in [2.05, 4.69) is 9.97 Å². The lowest BCUT2D eigenvalue weighted by atomic mass is 10.0. The van der Waals surface area contributed by atoms with Crippen LogP contribution in [-0.2, 0) is 17.5 Å². The van der Waals surface area contributed by atoms with Crippen molar-refractivity contribution in [2.45, 2.75) is 39.6 Å². The molecular formula is C24H27F3N4O2. The number of methoxy groups -OCH3 is 1. The third-order valence-corrected chi connectivity index (χ3v) is 5.53. The van der Waals surface area contributed by atoms with Gasteiger partial charge >= 0.3 is 6.18 Å². The minimum Gasteiger partial charge on any atom is -0.383 e. The Labute approximate surface area is 190 Å². The minimum atomic E-state index is -4.47. The van der Waals surface area contributed by atoms with Gasteiger partial charge in [0.2, 0.25) is 0 Å². The van der Waals surface area contributed by atoms with Crippen molar-refractivity contribution >= 4 is 22.6 Å². The zero-order valence-corrected chi connectivity index (χ0v) is 19.0. The number of anilines is 1. The Morgan fingerprint density at radius 1 is 1.18 bits per heavy atom. The van der Waals surface area contributed by atoms with Crippen LogP contribution < -0.4 is 5.73 Å². The second kappa shape index (κ2) is 9.74. The van der Waals surface area contributed by atoms with E-state index in [0.717, 1.165) is 23.2 Å². The molecule has 0 saturated carbocycles. The first kappa shape index (κ1) is 24.4. The maximum Gasteiger partial charge on any atom is 0.417 e. The number of fused-ring (bicyclic) bond motifs is 1. The topological polar surface area (TPSA) is 81.3 Å². The lowest BCUT2D eigenvalue weighted by Crippen LogP contribution is -2.40. The van der Waals surface area contributed by atoms with Crippen molar-refractivity contribution in [1.29, 1.82) is 0 Å². The van der Waals surface area contributed by atoms with E-state index in [1.165, 1.54) is 6.07 Å². The van der Waals surface area contributed by atoms with Gasteiger partial charge in [-0.3, -0.25) is 9.78 Å². The predicted molar refractivity (Wildman–Crippen MR) is 121 cm³/mol. The zero-order valence-electron chi connectivity index (χ0n) is 19.0. The van der Waals surface area contributed by atoms with Crippen LogP contribution in [0.25, 0.3) is 10.9 Å². The molecule has 3 rings (SSSR count). The number of benzene rings is 1. The molecule has 1 aromatic carbocycles. The van der Waals surface area contributed by atoms with Crippen LogP contribution >= 0.6 is 0 Å². The van der Waals surface area contributed by atoms with E-state index >= 15 is 0 Å². The molecule has 6 nitrogen and oxygen atoms in total. The molecule has 0 saturated heterocycles. The lowest BCUT2D eigenvalue weighted by molar-refractivity contribution is -0.137. The molecule has 33 heavy (non-hydrogen) atoms. The Morgan fingerprint density at radius 2 is 1.91 bits per heavy atom. The van der Waals surface area contributed by atoms with Gasteiger partial charge in [-0.15, -0.1) is 0 Å². The smallest absolute Gasteiger partial charge is 0.383 e. The number of hydrogen-bond acceptors (Lipinski definition) is 5. The summed E-state index contributed by atoms with van der Waals surface area (Å²) in [6.07, 6.45) is -3.95. The molecule has 3 aromatic rings. The summed E-state index contributed by atoms with van der Waals surface area (Å²) in [6.45, 7) is 6.09. The second-order valence-corrected chi connectivity index (χ2v) is 8.34. The van der Waals surface area contributed by atoms with Gasteiger partial charge in [0, 0.05) is 30.8 Å². The molecular weight excluding hydrogens is 433 g/mol. The number of ether oxygens (including phenoxy) is 1. The number of aryl methyl sites for hydroxylation is 1. The van der Waals surface area contributed by atoms with Gasteiger partial charge in [-0.05, 0) is 54.8 Å². The Morgan fingerprint density at radius 3 is 2.48 bits per heavy atom. The number of halogens is 3. The molecule has 2 heterocycles. The Hall–Kier alpha value is -3.20. The van der Waals surface area contributed by atoms with Crippen LogP contribution in [0.5, 0.6) is 0 Å². The van der Waals surface area contributed by atoms with Gasteiger partial charge in [0.1, 0.15) is 5.82 Å². The van der Waals surface area contributed by atoms with Crippen LogP contribution in [0.1, 0.15) is 41.0 Å². The van der Waals surface area contributed by atoms with Gasteiger partial charge in [-0.25, -0.2) is 4.98 Å². The summed E-state index contributed by atoms with van der Waals surface area (Å²) in [5, 5.41) is 0.771. The number of nitrogens with two attached hydrogens (primary N) is 1. The predicted octanol–water partition coefficient (Wildman–Crippen LogP) is 4.85. The lowest BCUT2D eigenvalue weighted by Gasteiger charge is -2.29. The van der Waals surface area contributed by atoms with Crippen molar-refractivity contribution in [3.63, 3.8) is 0 Å². The monoisotopic (exact) mass is 460 g/mol. The van der Waals surface area contributed by atoms with Gasteiger partial charge in [0.15, 0.2) is 0 Å². The van der Waals surface area contributed by atoms with E-state index in [9.17, 15) is 18.0 Å². The van der Waals surface area contributed by atoms with E-state index in [4.69, 9.17) is 10.5 Å². The van der Waals surface area contributed by atoms with Gasteiger partial charge in [-0.1, -0.05) is 13.8 Å². The van der Waals surface area contributed by atoms with E-state index < -0.39 is 11.7 Å². The maximum absolute atomic E-state index is 13.5. The molecule has 0 spiro atoms. The third kappa shape index (κ3) is 5.78. The Bertz CT molecular complexity index is 1130. The van der Waals surface area contributed by atoms with Crippen molar-refractivity contribution in [2.24, 2.45) is 5.92 Å². The average Bonchev–Trinajstić information content (AvgIpc) is 2.76. The van der Waals surface area contributed by atoms with Crippen LogP contribution in [-0.4, -0.2) is 40.5 Å². The fourth-order valence-electron chi connectivity index (χ4n) is 3.49. The number of rotatable bonds is 7. The van der Waals surface area contributed by atoms with Crippen molar-refractivity contribution < 1.29 is 22.7 Å². The number of hydrogen-bond donors (Lipinski definition) is 1. The van der Waals surface area contributed by atoms with Crippen molar-refractivity contribution in [3.8, 4) is 0 Å². The number of pyridine rings is 2. The molecule has 0 aliphatic rings. The molecule has 0 aliphatic heterocycles. The molecule has 9 heteroatoms. The largest absolute Gasteiger partial charge is 0.417 e. The van der Waals surface area contributed by atoms with Crippen LogP contribution in [0.4, 0.5) is 19.0 Å². The van der Waals surface area contributed by atoms with Crippen LogP contribution in [0.15, 0.2) is 42.6 Å². The van der Waals surface area contributed by atoms with E-state index in [1.54, 1.807) is 30.2 Å². The van der Waals surface area contributed by atoms with Crippen LogP contribution in [0.3, 0.4) is 0 Å². The van der Waals surface area contributed by atoms with Gasteiger partial charge < -0.3 is 15.4 Å². The maximum atomic E-state index is 13.5.